The highest BCUT2D eigenvalue weighted by atomic mass is 35.5. The molecule has 1 rings (SSSR count). The highest BCUT2D eigenvalue weighted by Gasteiger charge is 2.11. The Labute approximate surface area is 119 Å². The molecule has 106 valence electrons. The van der Waals surface area contributed by atoms with Crippen LogP contribution >= 0.6 is 11.6 Å². The van der Waals surface area contributed by atoms with Crippen molar-refractivity contribution in [1.82, 2.24) is 0 Å². The van der Waals surface area contributed by atoms with E-state index in [9.17, 15) is 9.90 Å². The molecule has 0 saturated carbocycles. The SMILES string of the molecule is CCOC(=O)Cc1ccccc1CC(O)CCCCl. The summed E-state index contributed by atoms with van der Waals surface area (Å²) >= 11 is 5.61. The molecule has 19 heavy (non-hydrogen) atoms. The Morgan fingerprint density at radius 3 is 2.68 bits per heavy atom. The van der Waals surface area contributed by atoms with Crippen LogP contribution in [0.15, 0.2) is 24.3 Å². The van der Waals surface area contributed by atoms with Gasteiger partial charge < -0.3 is 9.84 Å². The van der Waals surface area contributed by atoms with Crippen LogP contribution in [0.4, 0.5) is 0 Å². The monoisotopic (exact) mass is 284 g/mol. The Balaban J connectivity index is 2.64. The molecule has 0 heterocycles. The van der Waals surface area contributed by atoms with Gasteiger partial charge in [-0.05, 0) is 37.3 Å². The molecule has 0 aromatic heterocycles. The average molecular weight is 285 g/mol. The number of carbonyl (C=O) groups is 1. The summed E-state index contributed by atoms with van der Waals surface area (Å²) in [6.45, 7) is 2.18. The molecule has 1 aromatic carbocycles. The molecule has 1 N–H and O–H groups in total. The molecule has 0 fully saturated rings. The van der Waals surface area contributed by atoms with E-state index in [0.29, 0.717) is 25.3 Å². The number of carbonyl (C=O) groups excluding carboxylic acids is 1. The minimum atomic E-state index is -0.415. The first-order chi connectivity index (χ1) is 9.17. The lowest BCUT2D eigenvalue weighted by molar-refractivity contribution is -0.142. The Bertz CT molecular complexity index is 393. The van der Waals surface area contributed by atoms with Crippen molar-refractivity contribution >= 4 is 17.6 Å². The van der Waals surface area contributed by atoms with E-state index in [1.165, 1.54) is 0 Å². The van der Waals surface area contributed by atoms with E-state index in [0.717, 1.165) is 17.5 Å². The van der Waals surface area contributed by atoms with Gasteiger partial charge in [-0.3, -0.25) is 4.79 Å². The lowest BCUT2D eigenvalue weighted by atomic mass is 9.98. The molecule has 0 aliphatic heterocycles. The molecule has 3 nitrogen and oxygen atoms in total. The van der Waals surface area contributed by atoms with Gasteiger partial charge in [0.05, 0.1) is 19.1 Å². The number of esters is 1. The molecule has 0 saturated heterocycles. The molecule has 0 spiro atoms. The lowest BCUT2D eigenvalue weighted by Gasteiger charge is -2.13. The van der Waals surface area contributed by atoms with Crippen LogP contribution in [0.5, 0.6) is 0 Å². The van der Waals surface area contributed by atoms with Crippen LogP contribution in [0, 0.1) is 0 Å². The first kappa shape index (κ1) is 16.0. The second kappa shape index (κ2) is 8.94. The number of halogens is 1. The second-order valence-electron chi connectivity index (χ2n) is 4.44. The Hall–Kier alpha value is -1.06. The van der Waals surface area contributed by atoms with E-state index in [4.69, 9.17) is 16.3 Å². The third-order valence-corrected chi connectivity index (χ3v) is 3.15. The Morgan fingerprint density at radius 1 is 1.37 bits per heavy atom. The predicted octanol–water partition coefficient (Wildman–Crippen LogP) is 2.71. The molecule has 0 radical (unpaired) electrons. The fourth-order valence-electron chi connectivity index (χ4n) is 1.97. The summed E-state index contributed by atoms with van der Waals surface area (Å²) in [5.41, 5.74) is 1.92. The molecule has 1 aromatic rings. The van der Waals surface area contributed by atoms with Gasteiger partial charge in [-0.2, -0.15) is 0 Å². The van der Waals surface area contributed by atoms with Gasteiger partial charge in [0.15, 0.2) is 0 Å². The second-order valence-corrected chi connectivity index (χ2v) is 4.82. The van der Waals surface area contributed by atoms with Crippen LogP contribution in [-0.2, 0) is 22.4 Å². The quantitative estimate of drug-likeness (QED) is 0.590. The zero-order valence-electron chi connectivity index (χ0n) is 11.3. The van der Waals surface area contributed by atoms with Crippen molar-refractivity contribution in [3.8, 4) is 0 Å². The maximum Gasteiger partial charge on any atom is 0.310 e. The number of rotatable bonds is 8. The zero-order valence-corrected chi connectivity index (χ0v) is 12.0. The summed E-state index contributed by atoms with van der Waals surface area (Å²) in [6.07, 6.45) is 1.86. The summed E-state index contributed by atoms with van der Waals surface area (Å²) in [5.74, 6) is 0.326. The topological polar surface area (TPSA) is 46.5 Å². The molecule has 4 heteroatoms. The van der Waals surface area contributed by atoms with Crippen LogP contribution in [0.25, 0.3) is 0 Å². The third kappa shape index (κ3) is 6.08. The van der Waals surface area contributed by atoms with Gasteiger partial charge in [-0.25, -0.2) is 0 Å². The standard InChI is InChI=1S/C15H21ClO3/c1-2-19-15(18)11-13-7-4-3-6-12(13)10-14(17)8-5-9-16/h3-4,6-7,14,17H,2,5,8-11H2,1H3. The smallest absolute Gasteiger partial charge is 0.310 e. The van der Waals surface area contributed by atoms with Crippen LogP contribution in [0.3, 0.4) is 0 Å². The van der Waals surface area contributed by atoms with Gasteiger partial charge in [-0.15, -0.1) is 11.6 Å². The number of hydrogen-bond donors (Lipinski definition) is 1. The normalized spacial score (nSPS) is 12.2. The number of aliphatic hydroxyl groups excluding tert-OH is 1. The molecule has 1 unspecified atom stereocenters. The number of alkyl halides is 1. The average Bonchev–Trinajstić information content (AvgIpc) is 2.39. The van der Waals surface area contributed by atoms with E-state index in [1.807, 2.05) is 24.3 Å². The van der Waals surface area contributed by atoms with Gasteiger partial charge in [0, 0.05) is 5.88 Å². The molecule has 0 bridgehead atoms. The summed E-state index contributed by atoms with van der Waals surface area (Å²) in [6, 6.07) is 7.65. The fraction of sp³-hybridized carbons (Fsp3) is 0.533. The maximum absolute atomic E-state index is 11.5. The van der Waals surface area contributed by atoms with Crippen molar-refractivity contribution in [2.45, 2.75) is 38.7 Å². The maximum atomic E-state index is 11.5. The van der Waals surface area contributed by atoms with Gasteiger partial charge in [-0.1, -0.05) is 24.3 Å². The minimum absolute atomic E-state index is 0.231. The molecular weight excluding hydrogens is 264 g/mol. The van der Waals surface area contributed by atoms with Crippen LogP contribution in [0.1, 0.15) is 30.9 Å². The Morgan fingerprint density at radius 2 is 2.05 bits per heavy atom. The highest BCUT2D eigenvalue weighted by molar-refractivity contribution is 6.17. The van der Waals surface area contributed by atoms with E-state index in [2.05, 4.69) is 0 Å². The largest absolute Gasteiger partial charge is 0.466 e. The molecule has 0 aliphatic rings. The first-order valence-electron chi connectivity index (χ1n) is 6.63. The number of ether oxygens (including phenoxy) is 1. The van der Waals surface area contributed by atoms with Crippen LogP contribution < -0.4 is 0 Å². The number of benzene rings is 1. The molecule has 0 aliphatic carbocycles. The van der Waals surface area contributed by atoms with Crippen molar-refractivity contribution in [3.05, 3.63) is 35.4 Å². The summed E-state index contributed by atoms with van der Waals surface area (Å²) in [7, 11) is 0. The van der Waals surface area contributed by atoms with Gasteiger partial charge >= 0.3 is 5.97 Å². The summed E-state index contributed by atoms with van der Waals surface area (Å²) in [4.78, 5) is 11.5. The summed E-state index contributed by atoms with van der Waals surface area (Å²) in [5, 5.41) is 9.92. The van der Waals surface area contributed by atoms with E-state index in [-0.39, 0.29) is 12.4 Å². The zero-order chi connectivity index (χ0) is 14.1. The summed E-state index contributed by atoms with van der Waals surface area (Å²) < 4.78 is 4.95. The third-order valence-electron chi connectivity index (χ3n) is 2.89. The fourth-order valence-corrected chi connectivity index (χ4v) is 2.12. The van der Waals surface area contributed by atoms with Gasteiger partial charge in [0.2, 0.25) is 0 Å². The molecular formula is C15H21ClO3. The van der Waals surface area contributed by atoms with Crippen molar-refractivity contribution in [2.24, 2.45) is 0 Å². The highest BCUT2D eigenvalue weighted by Crippen LogP contribution is 2.15. The molecule has 1 atom stereocenters. The van der Waals surface area contributed by atoms with Gasteiger partial charge in [0.1, 0.15) is 0 Å². The van der Waals surface area contributed by atoms with Crippen molar-refractivity contribution < 1.29 is 14.6 Å². The molecule has 0 amide bonds. The predicted molar refractivity (Wildman–Crippen MR) is 76.4 cm³/mol. The van der Waals surface area contributed by atoms with Crippen molar-refractivity contribution in [1.29, 1.82) is 0 Å². The lowest BCUT2D eigenvalue weighted by Crippen LogP contribution is -2.14. The van der Waals surface area contributed by atoms with E-state index < -0.39 is 6.10 Å². The van der Waals surface area contributed by atoms with E-state index >= 15 is 0 Å². The number of hydrogen-bond acceptors (Lipinski definition) is 3. The van der Waals surface area contributed by atoms with Crippen molar-refractivity contribution in [2.75, 3.05) is 12.5 Å². The van der Waals surface area contributed by atoms with Crippen LogP contribution in [-0.4, -0.2) is 29.7 Å². The van der Waals surface area contributed by atoms with E-state index in [1.54, 1.807) is 6.92 Å². The number of aliphatic hydroxyl groups is 1. The first-order valence-corrected chi connectivity index (χ1v) is 7.17. The van der Waals surface area contributed by atoms with Crippen LogP contribution in [0.2, 0.25) is 0 Å². The minimum Gasteiger partial charge on any atom is -0.466 e. The van der Waals surface area contributed by atoms with Crippen molar-refractivity contribution in [3.63, 3.8) is 0 Å². The Kier molecular flexibility index (Phi) is 7.53. The van der Waals surface area contributed by atoms with Gasteiger partial charge in [0.25, 0.3) is 0 Å².